The minimum atomic E-state index is -0.407. The van der Waals surface area contributed by atoms with Crippen LogP contribution in [-0.2, 0) is 0 Å². The van der Waals surface area contributed by atoms with E-state index in [4.69, 9.17) is 0 Å². The maximum atomic E-state index is 12.9. The monoisotopic (exact) mass is 239 g/mol. The number of phenolic OH excluding ortho intramolecular Hbond substituents is 1. The van der Waals surface area contributed by atoms with Crippen molar-refractivity contribution in [2.75, 3.05) is 7.05 Å². The summed E-state index contributed by atoms with van der Waals surface area (Å²) in [6.45, 7) is 8.46. The Bertz CT molecular complexity index is 390. The van der Waals surface area contributed by atoms with Gasteiger partial charge in [0.25, 0.3) is 0 Å². The molecule has 0 fully saturated rings. The first-order valence-electron chi connectivity index (χ1n) is 6.01. The van der Waals surface area contributed by atoms with Gasteiger partial charge in [0.1, 0.15) is 11.6 Å². The molecule has 0 spiro atoms. The van der Waals surface area contributed by atoms with Gasteiger partial charge in [0, 0.05) is 23.2 Å². The summed E-state index contributed by atoms with van der Waals surface area (Å²) >= 11 is 0. The van der Waals surface area contributed by atoms with Gasteiger partial charge >= 0.3 is 0 Å². The molecule has 0 aliphatic carbocycles. The predicted octanol–water partition coefficient (Wildman–Crippen LogP) is 3.71. The Labute approximate surface area is 103 Å². The highest BCUT2D eigenvalue weighted by Crippen LogP contribution is 2.33. The minimum absolute atomic E-state index is 0.0243. The summed E-state index contributed by atoms with van der Waals surface area (Å²) in [4.78, 5) is 2.19. The summed E-state index contributed by atoms with van der Waals surface area (Å²) in [5.41, 5.74) is 0.802. The second-order valence-corrected chi connectivity index (χ2v) is 5.16. The van der Waals surface area contributed by atoms with Crippen LogP contribution in [0.25, 0.3) is 0 Å². The molecular weight excluding hydrogens is 217 g/mol. The lowest BCUT2D eigenvalue weighted by Gasteiger charge is -2.39. The number of phenols is 1. The van der Waals surface area contributed by atoms with Gasteiger partial charge in [-0.05, 0) is 40.3 Å². The molecule has 1 unspecified atom stereocenters. The van der Waals surface area contributed by atoms with E-state index in [9.17, 15) is 9.50 Å². The molecule has 0 aromatic heterocycles. The Balaban J connectivity index is 3.00. The minimum Gasteiger partial charge on any atom is -0.508 e. The van der Waals surface area contributed by atoms with Crippen molar-refractivity contribution in [2.45, 2.75) is 45.7 Å². The number of halogens is 1. The molecule has 0 radical (unpaired) electrons. The van der Waals surface area contributed by atoms with Crippen molar-refractivity contribution in [1.82, 2.24) is 4.90 Å². The highest BCUT2D eigenvalue weighted by atomic mass is 19.1. The predicted molar refractivity (Wildman–Crippen MR) is 68.6 cm³/mol. The van der Waals surface area contributed by atoms with Crippen molar-refractivity contribution in [2.24, 2.45) is 0 Å². The van der Waals surface area contributed by atoms with Crippen molar-refractivity contribution in [3.63, 3.8) is 0 Å². The summed E-state index contributed by atoms with van der Waals surface area (Å²) in [5.74, 6) is -0.382. The quantitative estimate of drug-likeness (QED) is 0.865. The first kappa shape index (κ1) is 14.0. The van der Waals surface area contributed by atoms with E-state index in [0.717, 1.165) is 12.0 Å². The zero-order valence-electron chi connectivity index (χ0n) is 11.3. The number of aromatic hydroxyl groups is 1. The van der Waals surface area contributed by atoms with Gasteiger partial charge in [0.2, 0.25) is 0 Å². The average molecular weight is 239 g/mol. The van der Waals surface area contributed by atoms with E-state index < -0.39 is 5.82 Å². The molecule has 1 N–H and O–H groups in total. The lowest BCUT2D eigenvalue weighted by Crippen LogP contribution is -2.41. The Morgan fingerprint density at radius 2 is 2.00 bits per heavy atom. The molecule has 3 heteroatoms. The van der Waals surface area contributed by atoms with Gasteiger partial charge in [0.05, 0.1) is 0 Å². The summed E-state index contributed by atoms with van der Waals surface area (Å²) < 4.78 is 12.9. The van der Waals surface area contributed by atoms with Gasteiger partial charge in [-0.25, -0.2) is 4.39 Å². The van der Waals surface area contributed by atoms with Crippen LogP contribution in [0.5, 0.6) is 5.75 Å². The topological polar surface area (TPSA) is 23.5 Å². The molecule has 17 heavy (non-hydrogen) atoms. The molecule has 1 rings (SSSR count). The van der Waals surface area contributed by atoms with Crippen LogP contribution in [0.1, 0.15) is 45.7 Å². The second kappa shape index (κ2) is 5.05. The van der Waals surface area contributed by atoms with Crippen molar-refractivity contribution < 1.29 is 9.50 Å². The van der Waals surface area contributed by atoms with Crippen LogP contribution in [0.3, 0.4) is 0 Å². The molecule has 0 aliphatic heterocycles. The molecule has 1 aromatic rings. The van der Waals surface area contributed by atoms with Crippen molar-refractivity contribution in [3.05, 3.63) is 29.6 Å². The maximum Gasteiger partial charge on any atom is 0.126 e. The van der Waals surface area contributed by atoms with E-state index in [1.54, 1.807) is 6.07 Å². The summed E-state index contributed by atoms with van der Waals surface area (Å²) in [6.07, 6.45) is 1.01. The molecule has 0 aliphatic rings. The molecule has 1 aromatic carbocycles. The van der Waals surface area contributed by atoms with Crippen molar-refractivity contribution in [1.29, 1.82) is 0 Å². The Morgan fingerprint density at radius 3 is 2.47 bits per heavy atom. The van der Waals surface area contributed by atoms with Crippen LogP contribution in [0.4, 0.5) is 4.39 Å². The molecular formula is C14H22FNO. The zero-order chi connectivity index (χ0) is 13.2. The Kier molecular flexibility index (Phi) is 4.15. The van der Waals surface area contributed by atoms with Crippen molar-refractivity contribution in [3.8, 4) is 5.75 Å². The van der Waals surface area contributed by atoms with Gasteiger partial charge in [0.15, 0.2) is 0 Å². The third kappa shape index (κ3) is 2.97. The number of nitrogens with zero attached hydrogens (tertiary/aromatic N) is 1. The third-order valence-electron chi connectivity index (χ3n) is 3.84. The lowest BCUT2D eigenvalue weighted by molar-refractivity contribution is 0.104. The first-order chi connectivity index (χ1) is 7.79. The van der Waals surface area contributed by atoms with Crippen molar-refractivity contribution >= 4 is 0 Å². The fraction of sp³-hybridized carbons (Fsp3) is 0.571. The second-order valence-electron chi connectivity index (χ2n) is 5.16. The van der Waals surface area contributed by atoms with Gasteiger partial charge in [-0.1, -0.05) is 13.0 Å². The summed E-state index contributed by atoms with van der Waals surface area (Å²) in [5, 5.41) is 9.78. The standard InChI is InChI=1S/C14H22FNO/c1-6-14(3,4)16(5)10(2)12-8-7-11(15)9-13(12)17/h7-10,17H,6H2,1-5H3. The van der Waals surface area contributed by atoms with Gasteiger partial charge in [-0.15, -0.1) is 0 Å². The summed E-state index contributed by atoms with van der Waals surface area (Å²) in [6, 6.07) is 4.25. The van der Waals surface area contributed by atoms with Crippen LogP contribution in [0.15, 0.2) is 18.2 Å². The van der Waals surface area contributed by atoms with E-state index >= 15 is 0 Å². The number of benzene rings is 1. The highest BCUT2D eigenvalue weighted by Gasteiger charge is 2.27. The largest absolute Gasteiger partial charge is 0.508 e. The van der Waals surface area contributed by atoms with Gasteiger partial charge in [-0.3, -0.25) is 4.90 Å². The number of rotatable bonds is 4. The fourth-order valence-corrected chi connectivity index (χ4v) is 1.85. The molecule has 2 nitrogen and oxygen atoms in total. The lowest BCUT2D eigenvalue weighted by atomic mass is 9.95. The van der Waals surface area contributed by atoms with E-state index in [2.05, 4.69) is 25.7 Å². The maximum absolute atomic E-state index is 12.9. The fourth-order valence-electron chi connectivity index (χ4n) is 1.85. The summed E-state index contributed by atoms with van der Waals surface area (Å²) in [7, 11) is 2.02. The number of hydrogen-bond acceptors (Lipinski definition) is 2. The smallest absolute Gasteiger partial charge is 0.126 e. The first-order valence-corrected chi connectivity index (χ1v) is 6.01. The van der Waals surface area contributed by atoms with Crippen LogP contribution in [0.2, 0.25) is 0 Å². The molecule has 0 saturated carbocycles. The molecule has 0 saturated heterocycles. The molecule has 0 heterocycles. The van der Waals surface area contributed by atoms with E-state index in [0.29, 0.717) is 0 Å². The van der Waals surface area contributed by atoms with Crippen LogP contribution < -0.4 is 0 Å². The van der Waals surface area contributed by atoms with E-state index in [1.807, 2.05) is 14.0 Å². The third-order valence-corrected chi connectivity index (χ3v) is 3.84. The van der Waals surface area contributed by atoms with Crippen LogP contribution >= 0.6 is 0 Å². The van der Waals surface area contributed by atoms with Crippen LogP contribution in [-0.4, -0.2) is 22.6 Å². The Hall–Kier alpha value is -1.09. The van der Waals surface area contributed by atoms with E-state index in [-0.39, 0.29) is 17.3 Å². The average Bonchev–Trinajstić information content (AvgIpc) is 2.27. The molecule has 0 bridgehead atoms. The molecule has 1 atom stereocenters. The normalized spacial score (nSPS) is 14.1. The SMILES string of the molecule is CCC(C)(C)N(C)C(C)c1ccc(F)cc1O. The number of hydrogen-bond donors (Lipinski definition) is 1. The zero-order valence-corrected chi connectivity index (χ0v) is 11.3. The van der Waals surface area contributed by atoms with Gasteiger partial charge in [-0.2, -0.15) is 0 Å². The van der Waals surface area contributed by atoms with Crippen LogP contribution in [0, 0.1) is 5.82 Å². The molecule has 96 valence electrons. The highest BCUT2D eigenvalue weighted by molar-refractivity contribution is 5.35. The Morgan fingerprint density at radius 1 is 1.41 bits per heavy atom. The van der Waals surface area contributed by atoms with Gasteiger partial charge < -0.3 is 5.11 Å². The molecule has 0 amide bonds. The van der Waals surface area contributed by atoms with E-state index in [1.165, 1.54) is 12.1 Å².